The SMILES string of the molecule is N#Cc1c(-c2ccncc2)cc(=O)[nH]c1S. The summed E-state index contributed by atoms with van der Waals surface area (Å²) in [4.78, 5) is 17.7. The smallest absolute Gasteiger partial charge is 0.249 e. The molecule has 0 saturated heterocycles. The third-order valence-corrected chi connectivity index (χ3v) is 2.46. The molecule has 2 heterocycles. The van der Waals surface area contributed by atoms with Gasteiger partial charge in [0, 0.05) is 24.0 Å². The number of hydrogen-bond donors (Lipinski definition) is 2. The maximum absolute atomic E-state index is 11.3. The van der Waals surface area contributed by atoms with Gasteiger partial charge in [0.15, 0.2) is 0 Å². The molecule has 0 unspecified atom stereocenters. The van der Waals surface area contributed by atoms with Gasteiger partial charge < -0.3 is 4.98 Å². The topological polar surface area (TPSA) is 69.5 Å². The lowest BCUT2D eigenvalue weighted by Gasteiger charge is -2.04. The van der Waals surface area contributed by atoms with Crippen LogP contribution in [0.2, 0.25) is 0 Å². The van der Waals surface area contributed by atoms with Crippen molar-refractivity contribution in [3.63, 3.8) is 0 Å². The Morgan fingerprint density at radius 2 is 2.06 bits per heavy atom. The molecule has 0 fully saturated rings. The molecule has 2 rings (SSSR count). The molecule has 0 saturated carbocycles. The van der Waals surface area contributed by atoms with Gasteiger partial charge in [-0.05, 0) is 17.7 Å². The Morgan fingerprint density at radius 1 is 1.38 bits per heavy atom. The molecule has 2 aromatic heterocycles. The van der Waals surface area contributed by atoms with Gasteiger partial charge in [-0.25, -0.2) is 0 Å². The number of nitriles is 1. The van der Waals surface area contributed by atoms with Crippen molar-refractivity contribution in [3.05, 3.63) is 46.5 Å². The Labute approximate surface area is 97.0 Å². The van der Waals surface area contributed by atoms with E-state index >= 15 is 0 Å². The summed E-state index contributed by atoms with van der Waals surface area (Å²) in [6, 6.07) is 6.88. The van der Waals surface area contributed by atoms with Gasteiger partial charge in [0.05, 0.1) is 10.6 Å². The second kappa shape index (κ2) is 4.21. The molecular formula is C11H7N3OS. The van der Waals surface area contributed by atoms with Crippen LogP contribution in [0.15, 0.2) is 40.4 Å². The van der Waals surface area contributed by atoms with Crippen molar-refractivity contribution in [1.29, 1.82) is 5.26 Å². The number of rotatable bonds is 1. The first-order chi connectivity index (χ1) is 7.72. The molecule has 0 radical (unpaired) electrons. The minimum atomic E-state index is -0.282. The van der Waals surface area contributed by atoms with Gasteiger partial charge in [-0.15, -0.1) is 12.6 Å². The Kier molecular flexibility index (Phi) is 2.75. The predicted octanol–water partition coefficient (Wildman–Crippen LogP) is 1.60. The molecule has 0 spiro atoms. The maximum atomic E-state index is 11.3. The van der Waals surface area contributed by atoms with E-state index in [1.165, 1.54) is 6.07 Å². The van der Waals surface area contributed by atoms with E-state index in [9.17, 15) is 4.79 Å². The predicted molar refractivity (Wildman–Crippen MR) is 62.3 cm³/mol. The Morgan fingerprint density at radius 3 is 2.69 bits per heavy atom. The van der Waals surface area contributed by atoms with E-state index in [4.69, 9.17) is 5.26 Å². The third-order valence-electron chi connectivity index (χ3n) is 2.13. The van der Waals surface area contributed by atoms with Crippen LogP contribution in [0, 0.1) is 11.3 Å². The van der Waals surface area contributed by atoms with Gasteiger partial charge in [0.25, 0.3) is 0 Å². The van der Waals surface area contributed by atoms with Crippen molar-refractivity contribution in [2.45, 2.75) is 5.03 Å². The molecule has 5 heteroatoms. The third kappa shape index (κ3) is 1.83. The molecule has 0 atom stereocenters. The molecule has 2 aromatic rings. The molecule has 0 amide bonds. The second-order valence-electron chi connectivity index (χ2n) is 3.12. The lowest BCUT2D eigenvalue weighted by atomic mass is 10.0. The Bertz CT molecular complexity index is 613. The fourth-order valence-electron chi connectivity index (χ4n) is 1.42. The van der Waals surface area contributed by atoms with Gasteiger partial charge in [-0.3, -0.25) is 9.78 Å². The van der Waals surface area contributed by atoms with Crippen LogP contribution in [0.25, 0.3) is 11.1 Å². The summed E-state index contributed by atoms with van der Waals surface area (Å²) in [5.41, 5.74) is 1.41. The first-order valence-electron chi connectivity index (χ1n) is 4.49. The van der Waals surface area contributed by atoms with E-state index in [0.717, 1.165) is 5.56 Å². The quantitative estimate of drug-likeness (QED) is 0.730. The van der Waals surface area contributed by atoms with E-state index in [2.05, 4.69) is 22.6 Å². The number of aromatic amines is 1. The normalized spacial score (nSPS) is 9.75. The Hall–Kier alpha value is -2.06. The summed E-state index contributed by atoms with van der Waals surface area (Å²) in [6.07, 6.45) is 3.21. The van der Waals surface area contributed by atoms with Crippen molar-refractivity contribution in [1.82, 2.24) is 9.97 Å². The number of thiol groups is 1. The largest absolute Gasteiger partial charge is 0.316 e. The zero-order chi connectivity index (χ0) is 11.5. The lowest BCUT2D eigenvalue weighted by Crippen LogP contribution is -2.07. The molecule has 4 nitrogen and oxygen atoms in total. The molecular weight excluding hydrogens is 222 g/mol. The minimum Gasteiger partial charge on any atom is -0.316 e. The van der Waals surface area contributed by atoms with Gasteiger partial charge >= 0.3 is 0 Å². The van der Waals surface area contributed by atoms with Crippen molar-refractivity contribution in [2.24, 2.45) is 0 Å². The fraction of sp³-hybridized carbons (Fsp3) is 0. The molecule has 0 aliphatic rings. The van der Waals surface area contributed by atoms with E-state index in [1.807, 2.05) is 6.07 Å². The standard InChI is InChI=1S/C11H7N3OS/c12-6-9-8(5-10(15)14-11(9)16)7-1-3-13-4-2-7/h1-5H,(H2,14,15,16). The molecule has 0 aliphatic heterocycles. The highest BCUT2D eigenvalue weighted by atomic mass is 32.1. The Balaban J connectivity index is 2.75. The van der Waals surface area contributed by atoms with Gasteiger partial charge in [0.2, 0.25) is 5.56 Å². The highest BCUT2D eigenvalue weighted by Gasteiger charge is 2.09. The summed E-state index contributed by atoms with van der Waals surface area (Å²) in [5.74, 6) is 0. The van der Waals surface area contributed by atoms with E-state index < -0.39 is 0 Å². The van der Waals surface area contributed by atoms with Crippen LogP contribution in [0.3, 0.4) is 0 Å². The number of H-pyrrole nitrogens is 1. The molecule has 0 aromatic carbocycles. The molecule has 0 aliphatic carbocycles. The van der Waals surface area contributed by atoms with E-state index in [-0.39, 0.29) is 10.6 Å². The van der Waals surface area contributed by atoms with Crippen LogP contribution in [-0.4, -0.2) is 9.97 Å². The molecule has 0 bridgehead atoms. The number of pyridine rings is 2. The number of hydrogen-bond acceptors (Lipinski definition) is 4. The van der Waals surface area contributed by atoms with Crippen LogP contribution in [-0.2, 0) is 0 Å². The van der Waals surface area contributed by atoms with Crippen LogP contribution >= 0.6 is 12.6 Å². The first kappa shape index (κ1) is 10.5. The van der Waals surface area contributed by atoms with Crippen molar-refractivity contribution in [3.8, 4) is 17.2 Å². The molecule has 1 N–H and O–H groups in total. The van der Waals surface area contributed by atoms with Crippen molar-refractivity contribution in [2.75, 3.05) is 0 Å². The molecule has 78 valence electrons. The van der Waals surface area contributed by atoms with Gasteiger partial charge in [-0.2, -0.15) is 5.26 Å². The zero-order valence-electron chi connectivity index (χ0n) is 8.14. The average molecular weight is 229 g/mol. The lowest BCUT2D eigenvalue weighted by molar-refractivity contribution is 1.07. The van der Waals surface area contributed by atoms with Crippen LogP contribution in [0.5, 0.6) is 0 Å². The summed E-state index contributed by atoms with van der Waals surface area (Å²) < 4.78 is 0. The highest BCUT2D eigenvalue weighted by molar-refractivity contribution is 7.80. The average Bonchev–Trinajstić information content (AvgIpc) is 2.29. The number of aromatic nitrogens is 2. The van der Waals surface area contributed by atoms with Gasteiger partial charge in [0.1, 0.15) is 6.07 Å². The van der Waals surface area contributed by atoms with Crippen LogP contribution < -0.4 is 5.56 Å². The fourth-order valence-corrected chi connectivity index (χ4v) is 1.70. The number of nitrogens with one attached hydrogen (secondary N) is 1. The van der Waals surface area contributed by atoms with E-state index in [0.29, 0.717) is 11.1 Å². The summed E-state index contributed by atoms with van der Waals surface area (Å²) >= 11 is 4.07. The molecule has 16 heavy (non-hydrogen) atoms. The van der Waals surface area contributed by atoms with E-state index in [1.54, 1.807) is 24.5 Å². The van der Waals surface area contributed by atoms with Crippen molar-refractivity contribution >= 4 is 12.6 Å². The summed E-state index contributed by atoms with van der Waals surface area (Å²) in [5, 5.41) is 9.29. The maximum Gasteiger partial charge on any atom is 0.249 e. The minimum absolute atomic E-state index is 0.279. The first-order valence-corrected chi connectivity index (χ1v) is 4.94. The van der Waals surface area contributed by atoms with Crippen LogP contribution in [0.4, 0.5) is 0 Å². The van der Waals surface area contributed by atoms with Crippen LogP contribution in [0.1, 0.15) is 5.56 Å². The van der Waals surface area contributed by atoms with Gasteiger partial charge in [-0.1, -0.05) is 0 Å². The summed E-state index contributed by atoms with van der Waals surface area (Å²) in [6.45, 7) is 0. The monoisotopic (exact) mass is 229 g/mol. The number of nitrogens with zero attached hydrogens (tertiary/aromatic N) is 2. The van der Waals surface area contributed by atoms with Crippen molar-refractivity contribution < 1.29 is 0 Å². The second-order valence-corrected chi connectivity index (χ2v) is 3.57. The zero-order valence-corrected chi connectivity index (χ0v) is 9.03. The summed E-state index contributed by atoms with van der Waals surface area (Å²) in [7, 11) is 0. The highest BCUT2D eigenvalue weighted by Crippen LogP contribution is 2.23.